The van der Waals surface area contributed by atoms with Crippen LogP contribution in [-0.4, -0.2) is 24.7 Å². The molecular weight excluding hydrogens is 266 g/mol. The second kappa shape index (κ2) is 5.80. The first-order chi connectivity index (χ1) is 9.17. The highest BCUT2D eigenvalue weighted by atomic mass is 35.5. The number of ether oxygens (including phenoxy) is 2. The van der Waals surface area contributed by atoms with Gasteiger partial charge in [-0.3, -0.25) is 0 Å². The summed E-state index contributed by atoms with van der Waals surface area (Å²) < 4.78 is 10.1. The molecule has 1 N–H and O–H groups in total. The van der Waals surface area contributed by atoms with Crippen molar-refractivity contribution < 1.29 is 14.3 Å². The molecule has 0 saturated carbocycles. The number of carbonyl (C=O) groups excluding carboxylic acids is 1. The summed E-state index contributed by atoms with van der Waals surface area (Å²) in [5.41, 5.74) is 2.00. The van der Waals surface area contributed by atoms with E-state index in [2.05, 4.69) is 4.98 Å². The summed E-state index contributed by atoms with van der Waals surface area (Å²) in [5, 5.41) is 0.496. The molecule has 0 saturated heterocycles. The maximum atomic E-state index is 11.8. The van der Waals surface area contributed by atoms with Crippen LogP contribution in [0.4, 0.5) is 0 Å². The van der Waals surface area contributed by atoms with Crippen LogP contribution in [0.2, 0.25) is 5.02 Å². The molecule has 0 atom stereocenters. The molecule has 0 aliphatic rings. The largest absolute Gasteiger partial charge is 0.495 e. The molecule has 19 heavy (non-hydrogen) atoms. The van der Waals surface area contributed by atoms with Gasteiger partial charge in [0.25, 0.3) is 0 Å². The Kier molecular flexibility index (Phi) is 4.12. The maximum absolute atomic E-state index is 11.8. The van der Waals surface area contributed by atoms with Gasteiger partial charge >= 0.3 is 5.97 Å². The number of hydrogen-bond acceptors (Lipinski definition) is 3. The number of methoxy groups -OCH3 is 1. The number of H-pyrrole nitrogens is 1. The summed E-state index contributed by atoms with van der Waals surface area (Å²) in [6.45, 7) is 2.10. The van der Waals surface area contributed by atoms with Gasteiger partial charge in [-0.2, -0.15) is 0 Å². The first-order valence-electron chi connectivity index (χ1n) is 5.85. The van der Waals surface area contributed by atoms with Crippen LogP contribution in [0.25, 0.3) is 11.1 Å². The Labute approximate surface area is 116 Å². The Balaban J connectivity index is 2.40. The van der Waals surface area contributed by atoms with Crippen LogP contribution in [0, 0.1) is 0 Å². The van der Waals surface area contributed by atoms with Crippen molar-refractivity contribution in [1.82, 2.24) is 4.98 Å². The molecule has 2 rings (SSSR count). The van der Waals surface area contributed by atoms with Crippen molar-refractivity contribution in [3.63, 3.8) is 0 Å². The van der Waals surface area contributed by atoms with Crippen molar-refractivity contribution in [2.45, 2.75) is 6.92 Å². The van der Waals surface area contributed by atoms with Gasteiger partial charge < -0.3 is 14.5 Å². The Morgan fingerprint density at radius 3 is 2.79 bits per heavy atom. The molecule has 2 aromatic rings. The third kappa shape index (κ3) is 2.74. The Morgan fingerprint density at radius 2 is 2.16 bits per heavy atom. The minimum Gasteiger partial charge on any atom is -0.495 e. The average Bonchev–Trinajstić information content (AvgIpc) is 2.88. The number of rotatable bonds is 4. The van der Waals surface area contributed by atoms with Gasteiger partial charge in [-0.1, -0.05) is 17.7 Å². The second-order valence-corrected chi connectivity index (χ2v) is 4.24. The number of halogens is 1. The van der Waals surface area contributed by atoms with E-state index in [9.17, 15) is 4.79 Å². The zero-order valence-corrected chi connectivity index (χ0v) is 11.5. The van der Waals surface area contributed by atoms with E-state index in [1.54, 1.807) is 32.4 Å². The van der Waals surface area contributed by atoms with Crippen molar-refractivity contribution in [3.05, 3.63) is 41.2 Å². The molecule has 0 bridgehead atoms. The second-order valence-electron chi connectivity index (χ2n) is 3.84. The number of carbonyl (C=O) groups is 1. The predicted molar refractivity (Wildman–Crippen MR) is 73.7 cm³/mol. The first-order valence-corrected chi connectivity index (χ1v) is 6.23. The fraction of sp³-hybridized carbons (Fsp3) is 0.214. The molecule has 0 amide bonds. The predicted octanol–water partition coefficient (Wildman–Crippen LogP) is 3.52. The number of aromatic amines is 1. The van der Waals surface area contributed by atoms with Crippen LogP contribution in [0.5, 0.6) is 5.75 Å². The van der Waals surface area contributed by atoms with Gasteiger partial charge in [-0.25, -0.2) is 4.79 Å². The molecule has 1 aromatic carbocycles. The highest BCUT2D eigenvalue weighted by molar-refractivity contribution is 6.32. The van der Waals surface area contributed by atoms with Crippen LogP contribution in [0.3, 0.4) is 0 Å². The minimum absolute atomic E-state index is 0.334. The smallest absolute Gasteiger partial charge is 0.355 e. The van der Waals surface area contributed by atoms with E-state index >= 15 is 0 Å². The van der Waals surface area contributed by atoms with Crippen molar-refractivity contribution in [2.24, 2.45) is 0 Å². The molecule has 0 spiro atoms. The fourth-order valence-electron chi connectivity index (χ4n) is 1.82. The monoisotopic (exact) mass is 279 g/mol. The summed E-state index contributed by atoms with van der Waals surface area (Å²) in [5.74, 6) is 0.216. The fourth-order valence-corrected chi connectivity index (χ4v) is 2.07. The van der Waals surface area contributed by atoms with E-state index in [1.165, 1.54) is 0 Å². The van der Waals surface area contributed by atoms with E-state index in [4.69, 9.17) is 21.1 Å². The van der Waals surface area contributed by atoms with E-state index in [0.29, 0.717) is 23.1 Å². The molecule has 1 aromatic heterocycles. The molecule has 0 aliphatic carbocycles. The van der Waals surface area contributed by atoms with Gasteiger partial charge in [0.05, 0.1) is 18.7 Å². The van der Waals surface area contributed by atoms with Gasteiger partial charge in [0.15, 0.2) is 0 Å². The molecule has 0 aliphatic heterocycles. The first kappa shape index (κ1) is 13.5. The maximum Gasteiger partial charge on any atom is 0.355 e. The minimum atomic E-state index is -0.380. The Bertz CT molecular complexity index is 592. The van der Waals surface area contributed by atoms with Gasteiger partial charge in [0, 0.05) is 11.8 Å². The molecule has 5 heteroatoms. The molecule has 0 fully saturated rings. The van der Waals surface area contributed by atoms with Crippen molar-refractivity contribution in [2.75, 3.05) is 13.7 Å². The molecular formula is C14H14ClNO3. The lowest BCUT2D eigenvalue weighted by molar-refractivity contribution is 0.0521. The molecule has 100 valence electrons. The van der Waals surface area contributed by atoms with Crippen molar-refractivity contribution in [1.29, 1.82) is 0 Å². The van der Waals surface area contributed by atoms with Crippen LogP contribution in [0.15, 0.2) is 30.5 Å². The molecule has 1 heterocycles. The Morgan fingerprint density at radius 1 is 1.37 bits per heavy atom. The lowest BCUT2D eigenvalue weighted by atomic mass is 10.1. The lowest BCUT2D eigenvalue weighted by Gasteiger charge is -2.07. The zero-order chi connectivity index (χ0) is 13.8. The highest BCUT2D eigenvalue weighted by Gasteiger charge is 2.16. The van der Waals surface area contributed by atoms with Gasteiger partial charge in [-0.15, -0.1) is 0 Å². The number of aromatic nitrogens is 1. The van der Waals surface area contributed by atoms with E-state index in [1.807, 2.05) is 12.1 Å². The lowest BCUT2D eigenvalue weighted by Crippen LogP contribution is -2.06. The number of hydrogen-bond donors (Lipinski definition) is 1. The molecule has 0 radical (unpaired) electrons. The van der Waals surface area contributed by atoms with Crippen LogP contribution in [0.1, 0.15) is 17.4 Å². The van der Waals surface area contributed by atoms with Gasteiger partial charge in [-0.05, 0) is 30.7 Å². The van der Waals surface area contributed by atoms with Crippen LogP contribution in [-0.2, 0) is 4.74 Å². The Hall–Kier alpha value is -1.94. The molecule has 0 unspecified atom stereocenters. The third-order valence-corrected chi connectivity index (χ3v) is 2.98. The SMILES string of the molecule is CCOC(=O)c1[nH]ccc1-c1ccc(OC)c(Cl)c1. The van der Waals surface area contributed by atoms with Gasteiger partial charge in [0.2, 0.25) is 0 Å². The normalized spacial score (nSPS) is 10.3. The standard InChI is InChI=1S/C14H14ClNO3/c1-3-19-14(17)13-10(6-7-16-13)9-4-5-12(18-2)11(15)8-9/h4-8,16H,3H2,1-2H3. The van der Waals surface area contributed by atoms with E-state index < -0.39 is 0 Å². The van der Waals surface area contributed by atoms with E-state index in [-0.39, 0.29) is 5.97 Å². The summed E-state index contributed by atoms with van der Waals surface area (Å²) in [6, 6.07) is 7.17. The summed E-state index contributed by atoms with van der Waals surface area (Å²) >= 11 is 6.09. The third-order valence-electron chi connectivity index (χ3n) is 2.69. The van der Waals surface area contributed by atoms with Gasteiger partial charge in [0.1, 0.15) is 11.4 Å². The zero-order valence-electron chi connectivity index (χ0n) is 10.7. The summed E-state index contributed by atoms with van der Waals surface area (Å²) in [7, 11) is 1.56. The van der Waals surface area contributed by atoms with Crippen LogP contribution >= 0.6 is 11.6 Å². The van der Waals surface area contributed by atoms with Crippen LogP contribution < -0.4 is 4.74 Å². The topological polar surface area (TPSA) is 51.3 Å². The highest BCUT2D eigenvalue weighted by Crippen LogP contribution is 2.31. The van der Waals surface area contributed by atoms with E-state index in [0.717, 1.165) is 11.1 Å². The summed E-state index contributed by atoms with van der Waals surface area (Å²) in [4.78, 5) is 14.7. The van der Waals surface area contributed by atoms with Crippen molar-refractivity contribution in [3.8, 4) is 16.9 Å². The molecule has 4 nitrogen and oxygen atoms in total. The summed E-state index contributed by atoms with van der Waals surface area (Å²) in [6.07, 6.45) is 1.69. The quantitative estimate of drug-likeness (QED) is 0.871. The number of nitrogens with one attached hydrogen (secondary N) is 1. The van der Waals surface area contributed by atoms with Crippen molar-refractivity contribution >= 4 is 17.6 Å². The number of esters is 1. The number of benzene rings is 1. The average molecular weight is 280 g/mol.